The summed E-state index contributed by atoms with van der Waals surface area (Å²) in [5.41, 5.74) is 6.75. The molecule has 2 atom stereocenters. The zero-order valence-corrected chi connectivity index (χ0v) is 11.3. The summed E-state index contributed by atoms with van der Waals surface area (Å²) in [5.74, 6) is -1.02. The number of guanidine groups is 1. The fourth-order valence-electron chi connectivity index (χ4n) is 2.38. The van der Waals surface area contributed by atoms with Crippen LogP contribution < -0.4 is 11.1 Å². The molecule has 2 unspecified atom stereocenters. The van der Waals surface area contributed by atoms with Crippen LogP contribution in [-0.2, 0) is 0 Å². The minimum Gasteiger partial charge on any atom is -0.370 e. The van der Waals surface area contributed by atoms with Crippen LogP contribution in [0, 0.1) is 11.6 Å². The van der Waals surface area contributed by atoms with Gasteiger partial charge in [0.15, 0.2) is 5.96 Å². The average Bonchev–Trinajstić information content (AvgIpc) is 3.18. The first-order valence-corrected chi connectivity index (χ1v) is 6.74. The number of rotatable bonds is 3. The molecule has 3 nitrogen and oxygen atoms in total. The highest BCUT2D eigenvalue weighted by Gasteiger charge is 2.42. The van der Waals surface area contributed by atoms with E-state index in [9.17, 15) is 8.78 Å². The number of nitrogens with zero attached hydrogens (tertiary/aromatic N) is 1. The Bertz CT molecular complexity index is 650. The summed E-state index contributed by atoms with van der Waals surface area (Å²) in [6.07, 6.45) is 0.606. The van der Waals surface area contributed by atoms with Gasteiger partial charge in [-0.3, -0.25) is 0 Å². The minimum atomic E-state index is -0.521. The van der Waals surface area contributed by atoms with Crippen molar-refractivity contribution in [1.82, 2.24) is 0 Å². The molecule has 0 bridgehead atoms. The van der Waals surface area contributed by atoms with E-state index in [2.05, 4.69) is 10.3 Å². The molecule has 0 amide bonds. The lowest BCUT2D eigenvalue weighted by molar-refractivity contribution is 0.555. The number of nitrogens with two attached hydrogens (primary N) is 1. The van der Waals surface area contributed by atoms with Crippen LogP contribution in [0.15, 0.2) is 53.5 Å². The molecular formula is C16H15F2N3. The molecule has 0 aromatic heterocycles. The number of aliphatic imine (C=N–C) groups is 1. The predicted molar refractivity (Wildman–Crippen MR) is 79.2 cm³/mol. The van der Waals surface area contributed by atoms with Gasteiger partial charge in [-0.2, -0.15) is 0 Å². The molecule has 21 heavy (non-hydrogen) atoms. The molecule has 1 aliphatic carbocycles. The lowest BCUT2D eigenvalue weighted by atomic mass is 10.1. The number of nitrogens with one attached hydrogen (secondary N) is 1. The van der Waals surface area contributed by atoms with Gasteiger partial charge in [0.1, 0.15) is 11.6 Å². The van der Waals surface area contributed by atoms with Crippen LogP contribution in [0.2, 0.25) is 0 Å². The number of benzene rings is 2. The summed E-state index contributed by atoms with van der Waals surface area (Å²) in [6, 6.07) is 13.1. The summed E-state index contributed by atoms with van der Waals surface area (Å²) in [4.78, 5) is 4.27. The first-order valence-electron chi connectivity index (χ1n) is 6.74. The van der Waals surface area contributed by atoms with E-state index in [1.165, 1.54) is 18.2 Å². The van der Waals surface area contributed by atoms with E-state index in [1.54, 1.807) is 0 Å². The Hall–Kier alpha value is -2.43. The second-order valence-corrected chi connectivity index (χ2v) is 5.05. The van der Waals surface area contributed by atoms with Gasteiger partial charge in [-0.1, -0.05) is 24.3 Å². The van der Waals surface area contributed by atoms with Crippen molar-refractivity contribution in [1.29, 1.82) is 0 Å². The Balaban J connectivity index is 1.69. The van der Waals surface area contributed by atoms with Gasteiger partial charge in [0.05, 0.1) is 6.04 Å². The van der Waals surface area contributed by atoms with Gasteiger partial charge >= 0.3 is 0 Å². The standard InChI is InChI=1S/C16H15F2N3/c17-12-7-4-8-13(18)15(12)11-9-14(11)21-16(19)20-10-5-2-1-3-6-10/h1-8,11,14H,9H2,(H3,19,20,21). The number of halogens is 2. The smallest absolute Gasteiger partial charge is 0.193 e. The highest BCUT2D eigenvalue weighted by molar-refractivity contribution is 5.92. The van der Waals surface area contributed by atoms with Crippen molar-refractivity contribution in [2.24, 2.45) is 10.7 Å². The normalized spacial score (nSPS) is 21.1. The van der Waals surface area contributed by atoms with E-state index >= 15 is 0 Å². The maximum atomic E-state index is 13.7. The molecule has 0 aliphatic heterocycles. The molecule has 2 aromatic carbocycles. The Kier molecular flexibility index (Phi) is 3.56. The first-order chi connectivity index (χ1) is 10.1. The summed E-state index contributed by atoms with van der Waals surface area (Å²) < 4.78 is 27.3. The molecule has 5 heteroatoms. The van der Waals surface area contributed by atoms with Gasteiger partial charge in [-0.05, 0) is 30.7 Å². The van der Waals surface area contributed by atoms with Crippen molar-refractivity contribution in [2.75, 3.05) is 5.32 Å². The van der Waals surface area contributed by atoms with Crippen LogP contribution >= 0.6 is 0 Å². The van der Waals surface area contributed by atoms with Gasteiger partial charge in [0.25, 0.3) is 0 Å². The van der Waals surface area contributed by atoms with Gasteiger partial charge in [-0.15, -0.1) is 0 Å². The van der Waals surface area contributed by atoms with Crippen LogP contribution in [0.1, 0.15) is 17.9 Å². The highest BCUT2D eigenvalue weighted by Crippen LogP contribution is 2.45. The van der Waals surface area contributed by atoms with Crippen LogP contribution in [0.4, 0.5) is 14.5 Å². The van der Waals surface area contributed by atoms with Gasteiger partial charge in [0, 0.05) is 17.2 Å². The van der Waals surface area contributed by atoms with Crippen molar-refractivity contribution >= 4 is 11.6 Å². The maximum Gasteiger partial charge on any atom is 0.193 e. The Morgan fingerprint density at radius 1 is 1.05 bits per heavy atom. The lowest BCUT2D eigenvalue weighted by Crippen LogP contribution is -2.23. The summed E-state index contributed by atoms with van der Waals surface area (Å²) in [7, 11) is 0. The zero-order valence-electron chi connectivity index (χ0n) is 11.3. The van der Waals surface area contributed by atoms with Gasteiger partial charge < -0.3 is 11.1 Å². The summed E-state index contributed by atoms with van der Waals surface area (Å²) >= 11 is 0. The van der Waals surface area contributed by atoms with E-state index in [0.717, 1.165) is 5.69 Å². The lowest BCUT2D eigenvalue weighted by Gasteiger charge is -2.05. The van der Waals surface area contributed by atoms with Crippen LogP contribution in [0.25, 0.3) is 0 Å². The summed E-state index contributed by atoms with van der Waals surface area (Å²) in [6.45, 7) is 0. The molecule has 1 saturated carbocycles. The van der Waals surface area contributed by atoms with E-state index in [4.69, 9.17) is 5.73 Å². The quantitative estimate of drug-likeness (QED) is 0.672. The molecule has 2 aromatic rings. The van der Waals surface area contributed by atoms with Crippen molar-refractivity contribution in [3.63, 3.8) is 0 Å². The number of hydrogen-bond acceptors (Lipinski definition) is 1. The Labute approximate surface area is 121 Å². The molecule has 1 aliphatic rings. The largest absolute Gasteiger partial charge is 0.370 e. The predicted octanol–water partition coefficient (Wildman–Crippen LogP) is 3.25. The average molecular weight is 287 g/mol. The molecule has 0 radical (unpaired) electrons. The fraction of sp³-hybridized carbons (Fsp3) is 0.188. The van der Waals surface area contributed by atoms with E-state index in [1.807, 2.05) is 30.3 Å². The Morgan fingerprint density at radius 2 is 1.71 bits per heavy atom. The summed E-state index contributed by atoms with van der Waals surface area (Å²) in [5, 5.41) is 2.95. The SMILES string of the molecule is NC(=NC1CC1c1c(F)cccc1F)Nc1ccccc1. The molecule has 3 N–H and O–H groups in total. The Morgan fingerprint density at radius 3 is 2.38 bits per heavy atom. The van der Waals surface area contributed by atoms with Crippen molar-refractivity contribution in [3.8, 4) is 0 Å². The van der Waals surface area contributed by atoms with Crippen LogP contribution in [0.3, 0.4) is 0 Å². The zero-order chi connectivity index (χ0) is 14.8. The van der Waals surface area contributed by atoms with Crippen molar-refractivity contribution < 1.29 is 8.78 Å². The number of hydrogen-bond donors (Lipinski definition) is 2. The third-order valence-corrected chi connectivity index (χ3v) is 3.48. The molecule has 0 saturated heterocycles. The van der Waals surface area contributed by atoms with Gasteiger partial charge in [-0.25, -0.2) is 13.8 Å². The van der Waals surface area contributed by atoms with Crippen LogP contribution in [0.5, 0.6) is 0 Å². The van der Waals surface area contributed by atoms with E-state index in [-0.39, 0.29) is 23.5 Å². The molecule has 0 spiro atoms. The monoisotopic (exact) mass is 287 g/mol. The van der Waals surface area contributed by atoms with Crippen molar-refractivity contribution in [2.45, 2.75) is 18.4 Å². The highest BCUT2D eigenvalue weighted by atomic mass is 19.1. The molecular weight excluding hydrogens is 272 g/mol. The first kappa shape index (κ1) is 13.5. The molecule has 0 heterocycles. The van der Waals surface area contributed by atoms with E-state index < -0.39 is 11.6 Å². The second kappa shape index (κ2) is 5.52. The molecule has 3 rings (SSSR count). The minimum absolute atomic E-state index is 0.110. The topological polar surface area (TPSA) is 50.4 Å². The molecule has 108 valence electrons. The third-order valence-electron chi connectivity index (χ3n) is 3.48. The fourth-order valence-corrected chi connectivity index (χ4v) is 2.38. The molecule has 1 fully saturated rings. The van der Waals surface area contributed by atoms with E-state index in [0.29, 0.717) is 6.42 Å². The maximum absolute atomic E-state index is 13.7. The number of para-hydroxylation sites is 1. The second-order valence-electron chi connectivity index (χ2n) is 5.05. The van der Waals surface area contributed by atoms with Gasteiger partial charge in [0.2, 0.25) is 0 Å². The van der Waals surface area contributed by atoms with Crippen LogP contribution in [-0.4, -0.2) is 12.0 Å². The third kappa shape index (κ3) is 3.02. The number of anilines is 1. The van der Waals surface area contributed by atoms with Crippen molar-refractivity contribution in [3.05, 3.63) is 65.7 Å².